The zero-order valence-corrected chi connectivity index (χ0v) is 10.9. The summed E-state index contributed by atoms with van der Waals surface area (Å²) in [6.45, 7) is 1.38. The minimum absolute atomic E-state index is 0.0872. The highest BCUT2D eigenvalue weighted by Gasteiger charge is 2.12. The Bertz CT molecular complexity index is 590. The predicted octanol–water partition coefficient (Wildman–Crippen LogP) is 1.30. The molecule has 19 heavy (non-hydrogen) atoms. The lowest BCUT2D eigenvalue weighted by atomic mass is 10.2. The van der Waals surface area contributed by atoms with Crippen LogP contribution in [0, 0.1) is 5.41 Å². The number of fused-ring (bicyclic) bond motifs is 1. The van der Waals surface area contributed by atoms with Crippen LogP contribution in [0.1, 0.15) is 6.42 Å². The third kappa shape index (κ3) is 2.63. The van der Waals surface area contributed by atoms with Crippen LogP contribution in [-0.2, 0) is 6.54 Å². The summed E-state index contributed by atoms with van der Waals surface area (Å²) in [5.41, 5.74) is 12.0. The fraction of sp³-hybridized carbons (Fsp3) is 0.308. The molecule has 0 unspecified atom stereocenters. The van der Waals surface area contributed by atoms with Crippen molar-refractivity contribution < 1.29 is 4.74 Å². The van der Waals surface area contributed by atoms with E-state index in [0.717, 1.165) is 35.4 Å². The van der Waals surface area contributed by atoms with Gasteiger partial charge in [-0.3, -0.25) is 5.41 Å². The van der Waals surface area contributed by atoms with Gasteiger partial charge in [-0.05, 0) is 31.2 Å². The molecular weight excluding hydrogens is 242 g/mol. The van der Waals surface area contributed by atoms with E-state index in [0.29, 0.717) is 6.54 Å². The summed E-state index contributed by atoms with van der Waals surface area (Å²) in [6.07, 6.45) is 0.855. The number of nitrogens with two attached hydrogens (primary N) is 2. The molecule has 6 nitrogen and oxygen atoms in total. The van der Waals surface area contributed by atoms with Gasteiger partial charge in [0.2, 0.25) is 0 Å². The molecule has 0 spiro atoms. The molecule has 1 heterocycles. The lowest BCUT2D eigenvalue weighted by molar-refractivity contribution is 0.420. The van der Waals surface area contributed by atoms with Gasteiger partial charge in [0, 0.05) is 11.9 Å². The van der Waals surface area contributed by atoms with Gasteiger partial charge in [0.05, 0.1) is 12.6 Å². The number of methoxy groups -OCH3 is 1. The Kier molecular flexibility index (Phi) is 3.91. The summed E-state index contributed by atoms with van der Waals surface area (Å²) in [5, 5.41) is 11.2. The summed E-state index contributed by atoms with van der Waals surface area (Å²) >= 11 is 0. The van der Waals surface area contributed by atoms with E-state index in [2.05, 4.69) is 9.88 Å². The van der Waals surface area contributed by atoms with Crippen LogP contribution in [0.15, 0.2) is 24.3 Å². The number of anilines is 1. The molecule has 0 bridgehead atoms. The van der Waals surface area contributed by atoms with Crippen molar-refractivity contribution in [2.24, 2.45) is 11.5 Å². The molecule has 102 valence electrons. The van der Waals surface area contributed by atoms with E-state index in [1.165, 1.54) is 0 Å². The SMILES string of the molecule is COc1cccc2c1cc(NC(=N)N)n2CCCN. The van der Waals surface area contributed by atoms with Gasteiger partial charge in [-0.25, -0.2) is 0 Å². The standard InChI is InChI=1S/C13H19N5O/c1-19-11-5-2-4-10-9(11)8-12(17-13(15)16)18(10)7-3-6-14/h2,4-5,8H,3,6-7,14H2,1H3,(H4,15,16,17). The van der Waals surface area contributed by atoms with Crippen molar-refractivity contribution in [2.45, 2.75) is 13.0 Å². The molecule has 0 saturated carbocycles. The quantitative estimate of drug-likeness (QED) is 0.481. The van der Waals surface area contributed by atoms with Crippen LogP contribution in [0.25, 0.3) is 10.9 Å². The average molecular weight is 261 g/mol. The molecule has 0 aliphatic rings. The van der Waals surface area contributed by atoms with E-state index in [1.54, 1.807) is 7.11 Å². The number of rotatable bonds is 5. The Hall–Kier alpha value is -2.21. The molecule has 6 heteroatoms. The van der Waals surface area contributed by atoms with Crippen molar-refractivity contribution in [1.29, 1.82) is 5.41 Å². The first kappa shape index (κ1) is 13.2. The van der Waals surface area contributed by atoms with Crippen LogP contribution in [0.2, 0.25) is 0 Å². The number of nitrogens with zero attached hydrogens (tertiary/aromatic N) is 1. The number of guanidine groups is 1. The molecular formula is C13H19N5O. The van der Waals surface area contributed by atoms with Crippen LogP contribution < -0.4 is 21.5 Å². The zero-order valence-electron chi connectivity index (χ0n) is 10.9. The maximum absolute atomic E-state index is 7.37. The summed E-state index contributed by atoms with van der Waals surface area (Å²) < 4.78 is 7.42. The lowest BCUT2D eigenvalue weighted by Gasteiger charge is -2.11. The van der Waals surface area contributed by atoms with Gasteiger partial charge in [-0.15, -0.1) is 0 Å². The van der Waals surface area contributed by atoms with Gasteiger partial charge in [0.25, 0.3) is 0 Å². The summed E-state index contributed by atoms with van der Waals surface area (Å²) in [5.74, 6) is 1.49. The molecule has 1 aromatic carbocycles. The molecule has 0 fully saturated rings. The van der Waals surface area contributed by atoms with Crippen LogP contribution >= 0.6 is 0 Å². The highest BCUT2D eigenvalue weighted by molar-refractivity contribution is 5.96. The molecule has 1 aromatic heterocycles. The third-order valence-corrected chi connectivity index (χ3v) is 2.97. The molecule has 0 saturated heterocycles. The molecule has 0 atom stereocenters. The Morgan fingerprint density at radius 3 is 2.89 bits per heavy atom. The van der Waals surface area contributed by atoms with Gasteiger partial charge in [0.15, 0.2) is 5.96 Å². The number of aromatic nitrogens is 1. The number of ether oxygens (including phenoxy) is 1. The highest BCUT2D eigenvalue weighted by atomic mass is 16.5. The van der Waals surface area contributed by atoms with Crippen LogP contribution in [-0.4, -0.2) is 24.2 Å². The number of benzene rings is 1. The monoisotopic (exact) mass is 261 g/mol. The molecule has 0 aliphatic heterocycles. The van der Waals surface area contributed by atoms with Gasteiger partial charge in [0.1, 0.15) is 11.6 Å². The van der Waals surface area contributed by atoms with Crippen molar-refractivity contribution in [3.63, 3.8) is 0 Å². The summed E-state index contributed by atoms with van der Waals surface area (Å²) in [4.78, 5) is 0. The van der Waals surface area contributed by atoms with Crippen molar-refractivity contribution in [3.05, 3.63) is 24.3 Å². The van der Waals surface area contributed by atoms with Crippen LogP contribution in [0.3, 0.4) is 0 Å². The molecule has 6 N–H and O–H groups in total. The Labute approximate surface area is 111 Å². The van der Waals surface area contributed by atoms with E-state index in [4.69, 9.17) is 21.6 Å². The maximum atomic E-state index is 7.37. The Morgan fingerprint density at radius 1 is 1.47 bits per heavy atom. The fourth-order valence-electron chi connectivity index (χ4n) is 2.17. The van der Waals surface area contributed by atoms with E-state index in [1.807, 2.05) is 24.3 Å². The molecule has 0 radical (unpaired) electrons. The third-order valence-electron chi connectivity index (χ3n) is 2.97. The first-order valence-corrected chi connectivity index (χ1v) is 6.14. The largest absolute Gasteiger partial charge is 0.496 e. The fourth-order valence-corrected chi connectivity index (χ4v) is 2.17. The average Bonchev–Trinajstić information content (AvgIpc) is 2.72. The van der Waals surface area contributed by atoms with Gasteiger partial charge < -0.3 is 26.1 Å². The van der Waals surface area contributed by atoms with Gasteiger partial charge in [-0.2, -0.15) is 0 Å². The minimum Gasteiger partial charge on any atom is -0.496 e. The van der Waals surface area contributed by atoms with Crippen molar-refractivity contribution >= 4 is 22.7 Å². The second-order valence-electron chi connectivity index (χ2n) is 4.26. The number of hydrogen-bond donors (Lipinski definition) is 4. The van der Waals surface area contributed by atoms with E-state index >= 15 is 0 Å². The Balaban J connectivity index is 2.54. The van der Waals surface area contributed by atoms with Gasteiger partial charge in [-0.1, -0.05) is 6.07 Å². The number of nitrogens with one attached hydrogen (secondary N) is 2. The van der Waals surface area contributed by atoms with Crippen molar-refractivity contribution in [3.8, 4) is 5.75 Å². The lowest BCUT2D eigenvalue weighted by Crippen LogP contribution is -2.22. The first-order valence-electron chi connectivity index (χ1n) is 6.14. The highest BCUT2D eigenvalue weighted by Crippen LogP contribution is 2.31. The van der Waals surface area contributed by atoms with E-state index < -0.39 is 0 Å². The topological polar surface area (TPSA) is 102 Å². The molecule has 0 aliphatic carbocycles. The molecule has 2 rings (SSSR count). The zero-order chi connectivity index (χ0) is 13.8. The van der Waals surface area contributed by atoms with Crippen LogP contribution in [0.5, 0.6) is 5.75 Å². The smallest absolute Gasteiger partial charge is 0.191 e. The first-order chi connectivity index (χ1) is 9.17. The predicted molar refractivity (Wildman–Crippen MR) is 77.7 cm³/mol. The minimum atomic E-state index is -0.0872. The second-order valence-corrected chi connectivity index (χ2v) is 4.26. The van der Waals surface area contributed by atoms with Crippen LogP contribution in [0.4, 0.5) is 5.82 Å². The second kappa shape index (κ2) is 5.62. The Morgan fingerprint density at radius 2 is 2.26 bits per heavy atom. The number of hydrogen-bond acceptors (Lipinski definition) is 3. The van der Waals surface area contributed by atoms with E-state index in [-0.39, 0.29) is 5.96 Å². The maximum Gasteiger partial charge on any atom is 0.191 e. The number of aryl methyl sites for hydroxylation is 1. The summed E-state index contributed by atoms with van der Waals surface area (Å²) in [7, 11) is 1.64. The normalized spacial score (nSPS) is 10.6. The van der Waals surface area contributed by atoms with Crippen molar-refractivity contribution in [1.82, 2.24) is 4.57 Å². The van der Waals surface area contributed by atoms with Crippen molar-refractivity contribution in [2.75, 3.05) is 19.0 Å². The summed E-state index contributed by atoms with van der Waals surface area (Å²) in [6, 6.07) is 7.80. The van der Waals surface area contributed by atoms with E-state index in [9.17, 15) is 0 Å². The molecule has 0 amide bonds. The van der Waals surface area contributed by atoms with Gasteiger partial charge >= 0.3 is 0 Å². The molecule has 2 aromatic rings.